The van der Waals surface area contributed by atoms with Crippen LogP contribution in [0, 0.1) is 12.8 Å². The largest absolute Gasteiger partial charge is 0.480 e. The van der Waals surface area contributed by atoms with E-state index in [-0.39, 0.29) is 12.5 Å². The maximum atomic E-state index is 11.8. The maximum absolute atomic E-state index is 11.8. The van der Waals surface area contributed by atoms with Crippen LogP contribution in [0.5, 0.6) is 0 Å². The molecule has 1 aliphatic carbocycles. The Morgan fingerprint density at radius 1 is 1.45 bits per heavy atom. The molecule has 0 aliphatic heterocycles. The number of aromatic nitrogens is 1. The third kappa shape index (κ3) is 3.26. The zero-order valence-electron chi connectivity index (χ0n) is 11.6. The van der Waals surface area contributed by atoms with Gasteiger partial charge in [0.1, 0.15) is 5.54 Å². The number of pyridine rings is 1. The minimum absolute atomic E-state index is 0.0165. The number of aryl methyl sites for hydroxylation is 1. The minimum atomic E-state index is -1.19. The fraction of sp³-hybridized carbons (Fsp3) is 0.500. The predicted octanol–water partition coefficient (Wildman–Crippen LogP) is 1.44. The fourth-order valence-electron chi connectivity index (χ4n) is 2.14. The molecule has 108 valence electrons. The first kappa shape index (κ1) is 14.3. The number of hydrogen-bond acceptors (Lipinski definition) is 3. The van der Waals surface area contributed by atoms with E-state index in [9.17, 15) is 14.7 Å². The summed E-state index contributed by atoms with van der Waals surface area (Å²) in [5, 5.41) is 14.5. The smallest absolute Gasteiger partial charge is 0.329 e. The molecule has 20 heavy (non-hydrogen) atoms. The Balaban J connectivity index is 1.90. The third-order valence-corrected chi connectivity index (χ3v) is 3.59. The van der Waals surface area contributed by atoms with Crippen molar-refractivity contribution < 1.29 is 14.7 Å². The number of urea groups is 1. The topological polar surface area (TPSA) is 91.3 Å². The Labute approximate surface area is 117 Å². The van der Waals surface area contributed by atoms with Crippen molar-refractivity contribution in [2.24, 2.45) is 5.92 Å². The summed E-state index contributed by atoms with van der Waals surface area (Å²) in [7, 11) is 0. The second kappa shape index (κ2) is 5.48. The first-order valence-corrected chi connectivity index (χ1v) is 6.64. The van der Waals surface area contributed by atoms with E-state index in [0.29, 0.717) is 0 Å². The Kier molecular flexibility index (Phi) is 3.92. The molecule has 0 saturated heterocycles. The van der Waals surface area contributed by atoms with E-state index in [2.05, 4.69) is 15.6 Å². The molecule has 1 saturated carbocycles. The van der Waals surface area contributed by atoms with Gasteiger partial charge in [0.15, 0.2) is 0 Å². The SMILES string of the molecule is Cc1cccc(CNC(=O)NC(C)(C(=O)O)C2CC2)n1. The standard InChI is InChI=1S/C14H19N3O3/c1-9-4-3-5-11(16-9)8-15-13(20)17-14(2,12(18)19)10-6-7-10/h3-5,10H,6-8H2,1-2H3,(H,18,19)(H2,15,17,20). The van der Waals surface area contributed by atoms with Crippen molar-refractivity contribution in [1.29, 1.82) is 0 Å². The van der Waals surface area contributed by atoms with Crippen LogP contribution >= 0.6 is 0 Å². The van der Waals surface area contributed by atoms with E-state index >= 15 is 0 Å². The van der Waals surface area contributed by atoms with Gasteiger partial charge in [-0.15, -0.1) is 0 Å². The molecule has 0 aromatic carbocycles. The molecule has 1 fully saturated rings. The predicted molar refractivity (Wildman–Crippen MR) is 73.1 cm³/mol. The number of hydrogen-bond donors (Lipinski definition) is 3. The van der Waals surface area contributed by atoms with Gasteiger partial charge in [-0.25, -0.2) is 9.59 Å². The molecule has 1 atom stereocenters. The lowest BCUT2D eigenvalue weighted by Crippen LogP contribution is -2.56. The summed E-state index contributed by atoms with van der Waals surface area (Å²) in [6.45, 7) is 3.70. The lowest BCUT2D eigenvalue weighted by molar-refractivity contribution is -0.144. The minimum Gasteiger partial charge on any atom is -0.480 e. The molecule has 6 nitrogen and oxygen atoms in total. The number of carbonyl (C=O) groups excluding carboxylic acids is 1. The zero-order chi connectivity index (χ0) is 14.8. The third-order valence-electron chi connectivity index (χ3n) is 3.59. The Morgan fingerprint density at radius 2 is 2.15 bits per heavy atom. The lowest BCUT2D eigenvalue weighted by atomic mass is 9.96. The molecule has 1 aromatic rings. The van der Waals surface area contributed by atoms with Gasteiger partial charge in [-0.1, -0.05) is 6.07 Å². The van der Waals surface area contributed by atoms with Crippen LogP contribution in [0.3, 0.4) is 0 Å². The highest BCUT2D eigenvalue weighted by atomic mass is 16.4. The van der Waals surface area contributed by atoms with Crippen molar-refractivity contribution in [2.75, 3.05) is 0 Å². The average Bonchev–Trinajstić information content (AvgIpc) is 3.20. The van der Waals surface area contributed by atoms with Crippen molar-refractivity contribution >= 4 is 12.0 Å². The van der Waals surface area contributed by atoms with E-state index < -0.39 is 17.5 Å². The number of carboxylic acid groups (broad SMARTS) is 1. The first-order valence-electron chi connectivity index (χ1n) is 6.64. The summed E-state index contributed by atoms with van der Waals surface area (Å²) in [4.78, 5) is 27.4. The van der Waals surface area contributed by atoms with Gasteiger partial charge in [0.2, 0.25) is 0 Å². The number of carboxylic acids is 1. The van der Waals surface area contributed by atoms with Gasteiger partial charge in [-0.2, -0.15) is 0 Å². The molecule has 3 N–H and O–H groups in total. The molecule has 2 amide bonds. The summed E-state index contributed by atoms with van der Waals surface area (Å²) in [5.41, 5.74) is 0.422. The van der Waals surface area contributed by atoms with Crippen molar-refractivity contribution in [3.8, 4) is 0 Å². The molecule has 0 radical (unpaired) electrons. The fourth-order valence-corrected chi connectivity index (χ4v) is 2.14. The average molecular weight is 277 g/mol. The van der Waals surface area contributed by atoms with Gasteiger partial charge in [0.25, 0.3) is 0 Å². The van der Waals surface area contributed by atoms with Crippen LogP contribution in [0.25, 0.3) is 0 Å². The Bertz CT molecular complexity index is 528. The van der Waals surface area contributed by atoms with Crippen LogP contribution in [-0.2, 0) is 11.3 Å². The van der Waals surface area contributed by atoms with E-state index in [1.807, 2.05) is 25.1 Å². The highest BCUT2D eigenvalue weighted by Gasteiger charge is 2.48. The Hall–Kier alpha value is -2.11. The van der Waals surface area contributed by atoms with Gasteiger partial charge in [-0.05, 0) is 44.7 Å². The van der Waals surface area contributed by atoms with Gasteiger partial charge >= 0.3 is 12.0 Å². The van der Waals surface area contributed by atoms with Crippen LogP contribution in [0.2, 0.25) is 0 Å². The second-order valence-electron chi connectivity index (χ2n) is 5.36. The number of rotatable bonds is 5. The van der Waals surface area contributed by atoms with Gasteiger partial charge in [0.05, 0.1) is 12.2 Å². The molecule has 1 heterocycles. The highest BCUT2D eigenvalue weighted by Crippen LogP contribution is 2.39. The second-order valence-corrected chi connectivity index (χ2v) is 5.36. The Morgan fingerprint density at radius 3 is 2.70 bits per heavy atom. The van der Waals surface area contributed by atoms with Crippen LogP contribution < -0.4 is 10.6 Å². The van der Waals surface area contributed by atoms with E-state index in [0.717, 1.165) is 24.2 Å². The molecular formula is C14H19N3O3. The number of nitrogens with one attached hydrogen (secondary N) is 2. The summed E-state index contributed by atoms with van der Waals surface area (Å²) >= 11 is 0. The van der Waals surface area contributed by atoms with Crippen molar-refractivity contribution in [3.63, 3.8) is 0 Å². The van der Waals surface area contributed by atoms with E-state index in [1.54, 1.807) is 6.92 Å². The van der Waals surface area contributed by atoms with Crippen LogP contribution in [0.1, 0.15) is 31.2 Å². The first-order chi connectivity index (χ1) is 9.41. The summed E-state index contributed by atoms with van der Waals surface area (Å²) in [6.07, 6.45) is 1.67. The number of carbonyl (C=O) groups is 2. The molecule has 6 heteroatoms. The van der Waals surface area contributed by atoms with Crippen LogP contribution in [0.15, 0.2) is 18.2 Å². The van der Waals surface area contributed by atoms with Gasteiger partial charge in [0, 0.05) is 5.69 Å². The quantitative estimate of drug-likeness (QED) is 0.759. The molecule has 0 spiro atoms. The van der Waals surface area contributed by atoms with Crippen molar-refractivity contribution in [2.45, 2.75) is 38.8 Å². The molecule has 1 aromatic heterocycles. The van der Waals surface area contributed by atoms with Crippen molar-refractivity contribution in [3.05, 3.63) is 29.6 Å². The maximum Gasteiger partial charge on any atom is 0.329 e. The summed E-state index contributed by atoms with van der Waals surface area (Å²) in [6, 6.07) is 5.07. The number of aliphatic carboxylic acids is 1. The molecule has 0 bridgehead atoms. The van der Waals surface area contributed by atoms with Gasteiger partial charge < -0.3 is 15.7 Å². The van der Waals surface area contributed by atoms with Crippen molar-refractivity contribution in [1.82, 2.24) is 15.6 Å². The molecular weight excluding hydrogens is 258 g/mol. The van der Waals surface area contributed by atoms with Crippen LogP contribution in [-0.4, -0.2) is 27.6 Å². The molecule has 1 aliphatic rings. The summed E-state index contributed by atoms with van der Waals surface area (Å²) < 4.78 is 0. The van der Waals surface area contributed by atoms with Gasteiger partial charge in [-0.3, -0.25) is 4.98 Å². The molecule has 2 rings (SSSR count). The highest BCUT2D eigenvalue weighted by molar-refractivity contribution is 5.86. The lowest BCUT2D eigenvalue weighted by Gasteiger charge is -2.26. The van der Waals surface area contributed by atoms with E-state index in [1.165, 1.54) is 0 Å². The summed E-state index contributed by atoms with van der Waals surface area (Å²) in [5.74, 6) is -0.980. The normalized spacial score (nSPS) is 17.1. The van der Waals surface area contributed by atoms with Crippen LogP contribution in [0.4, 0.5) is 4.79 Å². The zero-order valence-corrected chi connectivity index (χ0v) is 11.6. The molecule has 1 unspecified atom stereocenters. The van der Waals surface area contributed by atoms with E-state index in [4.69, 9.17) is 0 Å². The number of nitrogens with zero attached hydrogens (tertiary/aromatic N) is 1. The monoisotopic (exact) mass is 277 g/mol. The number of amides is 2.